The molecular formula is C17H20N2O3. The Morgan fingerprint density at radius 1 is 1.27 bits per heavy atom. The second-order valence-electron chi connectivity index (χ2n) is 5.88. The number of pyridine rings is 1. The predicted octanol–water partition coefficient (Wildman–Crippen LogP) is 2.17. The maximum absolute atomic E-state index is 12.2. The molecule has 0 aliphatic carbocycles. The minimum atomic E-state index is -0.153. The van der Waals surface area contributed by atoms with Crippen LogP contribution in [0.15, 0.2) is 35.3 Å². The lowest BCUT2D eigenvalue weighted by molar-refractivity contribution is -0.134. The summed E-state index contributed by atoms with van der Waals surface area (Å²) in [5, 5.41) is 1.30. The minimum absolute atomic E-state index is 0.00810. The van der Waals surface area contributed by atoms with Crippen LogP contribution < -0.4 is 10.3 Å². The number of likely N-dealkylation sites (tertiary alicyclic amines) is 1. The number of ether oxygens (including phenoxy) is 1. The number of rotatable bonds is 3. The Kier molecular flexibility index (Phi) is 4.13. The average molecular weight is 300 g/mol. The van der Waals surface area contributed by atoms with E-state index >= 15 is 0 Å². The summed E-state index contributed by atoms with van der Waals surface area (Å²) in [6, 6.07) is 7.08. The van der Waals surface area contributed by atoms with Gasteiger partial charge in [0, 0.05) is 24.7 Å². The number of hydrogen-bond donors (Lipinski definition) is 1. The number of fused-ring (bicyclic) bond motifs is 1. The van der Waals surface area contributed by atoms with Crippen molar-refractivity contribution in [2.24, 2.45) is 5.92 Å². The van der Waals surface area contributed by atoms with Gasteiger partial charge in [0.15, 0.2) is 6.61 Å². The van der Waals surface area contributed by atoms with Crippen LogP contribution >= 0.6 is 0 Å². The molecule has 1 N–H and O–H groups in total. The summed E-state index contributed by atoms with van der Waals surface area (Å²) in [4.78, 5) is 28.5. The molecule has 1 aliphatic rings. The molecule has 0 spiro atoms. The number of H-pyrrole nitrogens is 1. The zero-order valence-electron chi connectivity index (χ0n) is 12.7. The van der Waals surface area contributed by atoms with Gasteiger partial charge < -0.3 is 14.6 Å². The van der Waals surface area contributed by atoms with E-state index in [1.54, 1.807) is 30.5 Å². The van der Waals surface area contributed by atoms with E-state index in [0.717, 1.165) is 31.3 Å². The summed E-state index contributed by atoms with van der Waals surface area (Å²) >= 11 is 0. The SMILES string of the molecule is CC1CCN(C(=O)COc2cccc3c(=O)[nH]ccc23)CC1. The van der Waals surface area contributed by atoms with Gasteiger partial charge in [-0.1, -0.05) is 13.0 Å². The van der Waals surface area contributed by atoms with E-state index in [1.165, 1.54) is 0 Å². The van der Waals surface area contributed by atoms with Crippen molar-refractivity contribution in [3.8, 4) is 5.75 Å². The number of hydrogen-bond acceptors (Lipinski definition) is 3. The smallest absolute Gasteiger partial charge is 0.260 e. The van der Waals surface area contributed by atoms with Crippen LogP contribution in [0.25, 0.3) is 10.8 Å². The molecule has 1 aromatic carbocycles. The van der Waals surface area contributed by atoms with Crippen LogP contribution in [0.5, 0.6) is 5.75 Å². The number of nitrogens with zero attached hydrogens (tertiary/aromatic N) is 1. The third-order valence-corrected chi connectivity index (χ3v) is 4.26. The van der Waals surface area contributed by atoms with Gasteiger partial charge in [0.2, 0.25) is 0 Å². The van der Waals surface area contributed by atoms with Crippen molar-refractivity contribution in [1.29, 1.82) is 0 Å². The van der Waals surface area contributed by atoms with Gasteiger partial charge in [0.05, 0.1) is 5.39 Å². The Morgan fingerprint density at radius 3 is 2.82 bits per heavy atom. The van der Waals surface area contributed by atoms with Gasteiger partial charge in [0.25, 0.3) is 11.5 Å². The summed E-state index contributed by atoms with van der Waals surface area (Å²) in [5.74, 6) is 1.27. The van der Waals surface area contributed by atoms with Crippen molar-refractivity contribution < 1.29 is 9.53 Å². The summed E-state index contributed by atoms with van der Waals surface area (Å²) in [5.41, 5.74) is -0.153. The van der Waals surface area contributed by atoms with Crippen LogP contribution in [0.2, 0.25) is 0 Å². The average Bonchev–Trinajstić information content (AvgIpc) is 2.54. The maximum Gasteiger partial charge on any atom is 0.260 e. The monoisotopic (exact) mass is 300 g/mol. The topological polar surface area (TPSA) is 62.4 Å². The van der Waals surface area contributed by atoms with Crippen LogP contribution in [-0.4, -0.2) is 35.5 Å². The minimum Gasteiger partial charge on any atom is -0.483 e. The number of nitrogens with one attached hydrogen (secondary N) is 1. The summed E-state index contributed by atoms with van der Waals surface area (Å²) < 4.78 is 5.67. The second kappa shape index (κ2) is 6.22. The van der Waals surface area contributed by atoms with Crippen molar-refractivity contribution >= 4 is 16.7 Å². The van der Waals surface area contributed by atoms with E-state index < -0.39 is 0 Å². The number of aromatic amines is 1. The molecule has 22 heavy (non-hydrogen) atoms. The fraction of sp³-hybridized carbons (Fsp3) is 0.412. The van der Waals surface area contributed by atoms with E-state index in [1.807, 2.05) is 4.90 Å². The maximum atomic E-state index is 12.2. The van der Waals surface area contributed by atoms with Crippen molar-refractivity contribution in [2.45, 2.75) is 19.8 Å². The third kappa shape index (κ3) is 2.98. The quantitative estimate of drug-likeness (QED) is 0.945. The van der Waals surface area contributed by atoms with Crippen molar-refractivity contribution in [2.75, 3.05) is 19.7 Å². The molecule has 1 aromatic heterocycles. The summed E-state index contributed by atoms with van der Waals surface area (Å²) in [6.45, 7) is 3.84. The molecule has 3 rings (SSSR count). The Labute approximate surface area is 128 Å². The van der Waals surface area contributed by atoms with Crippen molar-refractivity contribution in [3.63, 3.8) is 0 Å². The first-order valence-corrected chi connectivity index (χ1v) is 7.66. The van der Waals surface area contributed by atoms with Crippen molar-refractivity contribution in [3.05, 3.63) is 40.8 Å². The molecule has 2 aromatic rings. The van der Waals surface area contributed by atoms with Crippen LogP contribution in [0, 0.1) is 5.92 Å². The molecule has 2 heterocycles. The van der Waals surface area contributed by atoms with E-state index in [9.17, 15) is 9.59 Å². The number of carbonyl (C=O) groups excluding carboxylic acids is 1. The third-order valence-electron chi connectivity index (χ3n) is 4.26. The fourth-order valence-corrected chi connectivity index (χ4v) is 2.81. The van der Waals surface area contributed by atoms with Crippen LogP contribution in [0.4, 0.5) is 0 Å². The number of carbonyl (C=O) groups is 1. The molecule has 0 atom stereocenters. The molecule has 1 amide bonds. The standard InChI is InChI=1S/C17H20N2O3/c1-12-6-9-19(10-7-12)16(20)11-22-15-4-2-3-14-13(15)5-8-18-17(14)21/h2-5,8,12H,6-7,9-11H2,1H3,(H,18,21). The van der Waals surface area contributed by atoms with Gasteiger partial charge in [-0.3, -0.25) is 9.59 Å². The van der Waals surface area contributed by atoms with Crippen LogP contribution in [-0.2, 0) is 4.79 Å². The molecule has 1 aliphatic heterocycles. The summed E-state index contributed by atoms with van der Waals surface area (Å²) in [7, 11) is 0. The highest BCUT2D eigenvalue weighted by Crippen LogP contribution is 2.23. The van der Waals surface area contributed by atoms with Gasteiger partial charge in [0.1, 0.15) is 5.75 Å². The zero-order chi connectivity index (χ0) is 15.5. The Bertz CT molecular complexity index is 730. The lowest BCUT2D eigenvalue weighted by Crippen LogP contribution is -2.40. The highest BCUT2D eigenvalue weighted by Gasteiger charge is 2.20. The molecule has 0 unspecified atom stereocenters. The highest BCUT2D eigenvalue weighted by molar-refractivity contribution is 5.87. The van der Waals surface area contributed by atoms with E-state index in [0.29, 0.717) is 17.1 Å². The molecule has 1 fully saturated rings. The fourth-order valence-electron chi connectivity index (χ4n) is 2.81. The number of amides is 1. The lowest BCUT2D eigenvalue weighted by atomic mass is 9.99. The number of benzene rings is 1. The Hall–Kier alpha value is -2.30. The molecule has 116 valence electrons. The predicted molar refractivity (Wildman–Crippen MR) is 85.0 cm³/mol. The first kappa shape index (κ1) is 14.6. The van der Waals surface area contributed by atoms with Crippen LogP contribution in [0.3, 0.4) is 0 Å². The van der Waals surface area contributed by atoms with Gasteiger partial charge in [-0.25, -0.2) is 0 Å². The highest BCUT2D eigenvalue weighted by atomic mass is 16.5. The molecule has 0 bridgehead atoms. The zero-order valence-corrected chi connectivity index (χ0v) is 12.7. The van der Waals surface area contributed by atoms with Crippen molar-refractivity contribution in [1.82, 2.24) is 9.88 Å². The van der Waals surface area contributed by atoms with E-state index in [2.05, 4.69) is 11.9 Å². The largest absolute Gasteiger partial charge is 0.483 e. The van der Waals surface area contributed by atoms with Crippen LogP contribution in [0.1, 0.15) is 19.8 Å². The van der Waals surface area contributed by atoms with Gasteiger partial charge in [-0.15, -0.1) is 0 Å². The molecule has 0 saturated carbocycles. The number of aromatic nitrogens is 1. The molecular weight excluding hydrogens is 280 g/mol. The Balaban J connectivity index is 1.70. The summed E-state index contributed by atoms with van der Waals surface area (Å²) in [6.07, 6.45) is 3.69. The lowest BCUT2D eigenvalue weighted by Gasteiger charge is -2.30. The second-order valence-corrected chi connectivity index (χ2v) is 5.88. The van der Waals surface area contributed by atoms with Gasteiger partial charge in [-0.2, -0.15) is 0 Å². The first-order chi connectivity index (χ1) is 10.6. The molecule has 1 saturated heterocycles. The van der Waals surface area contributed by atoms with Gasteiger partial charge in [-0.05, 0) is 37.0 Å². The molecule has 0 radical (unpaired) electrons. The van der Waals surface area contributed by atoms with E-state index in [4.69, 9.17) is 4.74 Å². The van der Waals surface area contributed by atoms with Gasteiger partial charge >= 0.3 is 0 Å². The molecule has 5 heteroatoms. The first-order valence-electron chi connectivity index (χ1n) is 7.66. The Morgan fingerprint density at radius 2 is 2.05 bits per heavy atom. The normalized spacial score (nSPS) is 16.0. The molecule has 5 nitrogen and oxygen atoms in total. The van der Waals surface area contributed by atoms with E-state index in [-0.39, 0.29) is 18.1 Å². The number of piperidine rings is 1.